The highest BCUT2D eigenvalue weighted by molar-refractivity contribution is 7.12. The van der Waals surface area contributed by atoms with Gasteiger partial charge in [0.25, 0.3) is 5.91 Å². The molecule has 1 aliphatic rings. The van der Waals surface area contributed by atoms with Crippen molar-refractivity contribution in [3.8, 4) is 28.5 Å². The van der Waals surface area contributed by atoms with Crippen LogP contribution in [0.15, 0.2) is 53.9 Å². The van der Waals surface area contributed by atoms with Crippen molar-refractivity contribution in [2.45, 2.75) is 32.4 Å². The Balaban J connectivity index is 1.68. The summed E-state index contributed by atoms with van der Waals surface area (Å²) >= 11 is 1.47. The molecule has 0 aliphatic carbocycles. The molecule has 1 atom stereocenters. The van der Waals surface area contributed by atoms with Crippen molar-refractivity contribution in [3.63, 3.8) is 0 Å². The zero-order chi connectivity index (χ0) is 26.6. The summed E-state index contributed by atoms with van der Waals surface area (Å²) in [6.07, 6.45) is 1.95. The van der Waals surface area contributed by atoms with Crippen LogP contribution in [-0.2, 0) is 11.3 Å². The first-order valence-corrected chi connectivity index (χ1v) is 13.5. The van der Waals surface area contributed by atoms with Crippen LogP contribution in [0.5, 0.6) is 17.2 Å². The smallest absolute Gasteiger partial charge is 0.264 e. The summed E-state index contributed by atoms with van der Waals surface area (Å²) < 4.78 is 23.0. The van der Waals surface area contributed by atoms with Crippen LogP contribution in [0, 0.1) is 6.92 Å². The lowest BCUT2D eigenvalue weighted by Gasteiger charge is -2.27. The number of amides is 1. The predicted octanol–water partition coefficient (Wildman–Crippen LogP) is 6.12. The highest BCUT2D eigenvalue weighted by Crippen LogP contribution is 2.39. The Labute approximate surface area is 226 Å². The Morgan fingerprint density at radius 1 is 1.05 bits per heavy atom. The number of hydrogen-bond acceptors (Lipinski definition) is 7. The number of aromatic nitrogens is 1. The number of ether oxygens (including phenoxy) is 4. The van der Waals surface area contributed by atoms with Gasteiger partial charge in [0.15, 0.2) is 0 Å². The van der Waals surface area contributed by atoms with Gasteiger partial charge in [-0.25, -0.2) is 4.98 Å². The molecule has 2 aromatic carbocycles. The lowest BCUT2D eigenvalue weighted by atomic mass is 10.0. The Kier molecular flexibility index (Phi) is 7.81. The standard InChI is InChI=1S/C30H32N2O5S/c1-19-13-15-38-29(19)30(33)32(18-21-8-7-14-37-21)17-20-16-23-25(35-3)11-12-26(36-4)28(23)31-27(20)22-9-5-6-10-24(22)34-2/h5-6,9-13,15-16,21H,7-8,14,17-18H2,1-4H3. The highest BCUT2D eigenvalue weighted by atomic mass is 32.1. The van der Waals surface area contributed by atoms with Crippen molar-refractivity contribution in [2.24, 2.45) is 0 Å². The van der Waals surface area contributed by atoms with E-state index in [1.165, 1.54) is 11.3 Å². The van der Waals surface area contributed by atoms with Crippen LogP contribution in [0.4, 0.5) is 0 Å². The van der Waals surface area contributed by atoms with Gasteiger partial charge in [-0.3, -0.25) is 4.79 Å². The van der Waals surface area contributed by atoms with Gasteiger partial charge in [0.2, 0.25) is 0 Å². The molecule has 0 saturated carbocycles. The molecule has 0 bridgehead atoms. The maximum atomic E-state index is 13.9. The zero-order valence-electron chi connectivity index (χ0n) is 22.2. The van der Waals surface area contributed by atoms with Crippen molar-refractivity contribution >= 4 is 28.1 Å². The van der Waals surface area contributed by atoms with E-state index in [4.69, 9.17) is 23.9 Å². The van der Waals surface area contributed by atoms with Gasteiger partial charge in [-0.2, -0.15) is 0 Å². The number of nitrogens with zero attached hydrogens (tertiary/aromatic N) is 2. The molecule has 1 unspecified atom stereocenters. The minimum atomic E-state index is -0.00307. The van der Waals surface area contributed by atoms with E-state index in [9.17, 15) is 4.79 Å². The second-order valence-electron chi connectivity index (χ2n) is 9.32. The molecule has 3 heterocycles. The minimum absolute atomic E-state index is 0.00307. The monoisotopic (exact) mass is 532 g/mol. The quantitative estimate of drug-likeness (QED) is 0.259. The molecule has 7 nitrogen and oxygen atoms in total. The summed E-state index contributed by atoms with van der Waals surface area (Å²) in [5.74, 6) is 2.03. The van der Waals surface area contributed by atoms with Crippen molar-refractivity contribution < 1.29 is 23.7 Å². The molecular weight excluding hydrogens is 500 g/mol. The topological polar surface area (TPSA) is 70.1 Å². The van der Waals surface area contributed by atoms with Gasteiger partial charge in [0, 0.05) is 30.6 Å². The fourth-order valence-corrected chi connectivity index (χ4v) is 5.87. The second kappa shape index (κ2) is 11.4. The second-order valence-corrected chi connectivity index (χ2v) is 10.2. The van der Waals surface area contributed by atoms with E-state index in [1.807, 2.05) is 59.7 Å². The zero-order valence-corrected chi connectivity index (χ0v) is 23.0. The first kappa shape index (κ1) is 26.0. The average molecular weight is 533 g/mol. The van der Waals surface area contributed by atoms with Gasteiger partial charge in [0.1, 0.15) is 22.8 Å². The van der Waals surface area contributed by atoms with E-state index >= 15 is 0 Å². The number of hydrogen-bond donors (Lipinski definition) is 0. The van der Waals surface area contributed by atoms with Crippen LogP contribution in [0.3, 0.4) is 0 Å². The summed E-state index contributed by atoms with van der Waals surface area (Å²) in [5.41, 5.74) is 4.12. The molecular formula is C30H32N2O5S. The summed E-state index contributed by atoms with van der Waals surface area (Å²) in [7, 11) is 4.92. The fraction of sp³-hybridized carbons (Fsp3) is 0.333. The number of fused-ring (bicyclic) bond motifs is 1. The molecule has 4 aromatic rings. The van der Waals surface area contributed by atoms with E-state index in [0.29, 0.717) is 35.9 Å². The number of thiophene rings is 1. The van der Waals surface area contributed by atoms with Crippen LogP contribution in [0.1, 0.15) is 33.6 Å². The summed E-state index contributed by atoms with van der Waals surface area (Å²) in [4.78, 5) is 21.6. The molecule has 0 spiro atoms. The highest BCUT2D eigenvalue weighted by Gasteiger charge is 2.27. The predicted molar refractivity (Wildman–Crippen MR) is 150 cm³/mol. The minimum Gasteiger partial charge on any atom is -0.496 e. The van der Waals surface area contributed by atoms with E-state index in [0.717, 1.165) is 52.1 Å². The number of benzene rings is 2. The molecule has 1 fully saturated rings. The number of para-hydroxylation sites is 1. The first-order valence-electron chi connectivity index (χ1n) is 12.7. The van der Waals surface area contributed by atoms with Crippen molar-refractivity contribution in [1.29, 1.82) is 0 Å². The molecule has 1 saturated heterocycles. The molecule has 0 radical (unpaired) electrons. The summed E-state index contributed by atoms with van der Waals surface area (Å²) in [5, 5.41) is 2.78. The Morgan fingerprint density at radius 3 is 2.50 bits per heavy atom. The average Bonchev–Trinajstić information content (AvgIpc) is 3.62. The van der Waals surface area contributed by atoms with Crippen LogP contribution >= 0.6 is 11.3 Å². The van der Waals surface area contributed by atoms with E-state index in [1.54, 1.807) is 21.3 Å². The van der Waals surface area contributed by atoms with Gasteiger partial charge >= 0.3 is 0 Å². The van der Waals surface area contributed by atoms with Crippen molar-refractivity contribution in [2.75, 3.05) is 34.5 Å². The molecule has 8 heteroatoms. The Bertz CT molecular complexity index is 1440. The van der Waals surface area contributed by atoms with Crippen LogP contribution in [-0.4, -0.2) is 56.4 Å². The third-order valence-electron chi connectivity index (χ3n) is 6.94. The van der Waals surface area contributed by atoms with Crippen LogP contribution in [0.25, 0.3) is 22.2 Å². The molecule has 0 N–H and O–H groups in total. The third kappa shape index (κ3) is 5.06. The molecule has 1 aliphatic heterocycles. The van der Waals surface area contributed by atoms with Crippen LogP contribution in [0.2, 0.25) is 0 Å². The van der Waals surface area contributed by atoms with Gasteiger partial charge in [0.05, 0.1) is 38.0 Å². The van der Waals surface area contributed by atoms with Crippen molar-refractivity contribution in [3.05, 3.63) is 69.9 Å². The number of carbonyl (C=O) groups excluding carboxylic acids is 1. The first-order chi connectivity index (χ1) is 18.5. The molecule has 1 amide bonds. The molecule has 2 aromatic heterocycles. The maximum absolute atomic E-state index is 13.9. The van der Waals surface area contributed by atoms with E-state index in [2.05, 4.69) is 6.07 Å². The number of pyridine rings is 1. The number of aryl methyl sites for hydroxylation is 1. The fourth-order valence-electron chi connectivity index (χ4n) is 4.98. The number of carbonyl (C=O) groups is 1. The summed E-state index contributed by atoms with van der Waals surface area (Å²) in [6, 6.07) is 15.6. The SMILES string of the molecule is COc1ccccc1-c1nc2c(OC)ccc(OC)c2cc1CN(CC1CCCO1)C(=O)c1sccc1C. The molecule has 198 valence electrons. The third-order valence-corrected chi connectivity index (χ3v) is 7.95. The normalized spacial score (nSPS) is 15.0. The van der Waals surface area contributed by atoms with Gasteiger partial charge in [-0.15, -0.1) is 11.3 Å². The lowest BCUT2D eigenvalue weighted by Crippen LogP contribution is -2.37. The van der Waals surface area contributed by atoms with Gasteiger partial charge < -0.3 is 23.8 Å². The molecule has 5 rings (SSSR count). The Hall–Kier alpha value is -3.62. The Morgan fingerprint density at radius 2 is 1.82 bits per heavy atom. The molecule has 38 heavy (non-hydrogen) atoms. The van der Waals surface area contributed by atoms with Gasteiger partial charge in [-0.05, 0) is 72.7 Å². The summed E-state index contributed by atoms with van der Waals surface area (Å²) in [6.45, 7) is 3.57. The largest absolute Gasteiger partial charge is 0.496 e. The van der Waals surface area contributed by atoms with Gasteiger partial charge in [-0.1, -0.05) is 12.1 Å². The number of methoxy groups -OCH3 is 3. The maximum Gasteiger partial charge on any atom is 0.264 e. The van der Waals surface area contributed by atoms with E-state index in [-0.39, 0.29) is 12.0 Å². The lowest BCUT2D eigenvalue weighted by molar-refractivity contribution is 0.0510. The van der Waals surface area contributed by atoms with E-state index < -0.39 is 0 Å². The van der Waals surface area contributed by atoms with Crippen molar-refractivity contribution in [1.82, 2.24) is 9.88 Å². The van der Waals surface area contributed by atoms with Crippen LogP contribution < -0.4 is 14.2 Å². The number of rotatable bonds is 9.